The zero-order chi connectivity index (χ0) is 12.3. The van der Waals surface area contributed by atoms with Crippen molar-refractivity contribution in [2.45, 2.75) is 38.2 Å². The number of Topliss-reactive ketones (excluding diaryl/α,β-unsaturated/α-hetero) is 1. The van der Waals surface area contributed by atoms with Crippen LogP contribution in [-0.2, 0) is 19.1 Å². The summed E-state index contributed by atoms with van der Waals surface area (Å²) in [6.45, 7) is 1.33. The zero-order valence-electron chi connectivity index (χ0n) is 9.85. The Morgan fingerprint density at radius 1 is 1.24 bits per heavy atom. The number of rotatable bonds is 5. The highest BCUT2D eigenvalue weighted by Gasteiger charge is 2.29. The van der Waals surface area contributed by atoms with Gasteiger partial charge in [0.15, 0.2) is 5.78 Å². The van der Waals surface area contributed by atoms with Gasteiger partial charge in [0.2, 0.25) is 0 Å². The van der Waals surface area contributed by atoms with E-state index in [0.717, 1.165) is 32.2 Å². The van der Waals surface area contributed by atoms with Crippen LogP contribution < -0.4 is 5.32 Å². The minimum atomic E-state index is -3.69. The molecule has 0 bridgehead atoms. The SMILES string of the molecule is O=C(CS(=O)(=O)OC1CCNC1)C1CCCC1. The topological polar surface area (TPSA) is 72.5 Å². The fraction of sp³-hybridized carbons (Fsp3) is 0.909. The van der Waals surface area contributed by atoms with Crippen molar-refractivity contribution in [2.75, 3.05) is 18.8 Å². The Morgan fingerprint density at radius 2 is 1.94 bits per heavy atom. The van der Waals surface area contributed by atoms with Gasteiger partial charge in [0.25, 0.3) is 10.1 Å². The molecule has 2 aliphatic rings. The minimum Gasteiger partial charge on any atom is -0.314 e. The summed E-state index contributed by atoms with van der Waals surface area (Å²) < 4.78 is 28.4. The summed E-state index contributed by atoms with van der Waals surface area (Å²) in [6, 6.07) is 0. The van der Waals surface area contributed by atoms with Crippen LogP contribution in [0.3, 0.4) is 0 Å². The Kier molecular flexibility index (Phi) is 4.17. The highest BCUT2D eigenvalue weighted by molar-refractivity contribution is 7.87. The van der Waals surface area contributed by atoms with E-state index in [2.05, 4.69) is 5.32 Å². The average molecular weight is 261 g/mol. The summed E-state index contributed by atoms with van der Waals surface area (Å²) in [5.41, 5.74) is 0. The molecule has 1 unspecified atom stereocenters. The van der Waals surface area contributed by atoms with Crippen molar-refractivity contribution in [1.82, 2.24) is 5.32 Å². The molecule has 1 saturated carbocycles. The van der Waals surface area contributed by atoms with E-state index in [4.69, 9.17) is 4.18 Å². The first-order chi connectivity index (χ1) is 8.07. The van der Waals surface area contributed by atoms with Gasteiger partial charge in [-0.05, 0) is 25.8 Å². The first-order valence-corrected chi connectivity index (χ1v) is 7.79. The summed E-state index contributed by atoms with van der Waals surface area (Å²) in [6.07, 6.45) is 4.12. The fourth-order valence-electron chi connectivity index (χ4n) is 2.49. The molecular formula is C11H19NO4S. The average Bonchev–Trinajstić information content (AvgIpc) is 2.85. The predicted octanol–water partition coefficient (Wildman–Crippen LogP) is 0.454. The molecule has 1 heterocycles. The van der Waals surface area contributed by atoms with Gasteiger partial charge in [-0.25, -0.2) is 0 Å². The quantitative estimate of drug-likeness (QED) is 0.728. The monoisotopic (exact) mass is 261 g/mol. The molecule has 1 aliphatic carbocycles. The maximum absolute atomic E-state index is 11.8. The van der Waals surface area contributed by atoms with Gasteiger partial charge in [0.1, 0.15) is 5.75 Å². The normalized spacial score (nSPS) is 26.5. The fourth-order valence-corrected chi connectivity index (χ4v) is 3.72. The van der Waals surface area contributed by atoms with Crippen molar-refractivity contribution >= 4 is 15.9 Å². The number of hydrogen-bond acceptors (Lipinski definition) is 5. The lowest BCUT2D eigenvalue weighted by molar-refractivity contribution is -0.120. The van der Waals surface area contributed by atoms with Crippen LogP contribution >= 0.6 is 0 Å². The van der Waals surface area contributed by atoms with E-state index in [0.29, 0.717) is 13.0 Å². The van der Waals surface area contributed by atoms with Crippen LogP contribution in [0.5, 0.6) is 0 Å². The van der Waals surface area contributed by atoms with Gasteiger partial charge >= 0.3 is 0 Å². The number of ketones is 1. The Bertz CT molecular complexity index is 367. The number of hydrogen-bond donors (Lipinski definition) is 1. The van der Waals surface area contributed by atoms with Gasteiger partial charge in [-0.1, -0.05) is 12.8 Å². The molecule has 98 valence electrons. The van der Waals surface area contributed by atoms with Crippen molar-refractivity contribution in [3.8, 4) is 0 Å². The Balaban J connectivity index is 1.85. The third kappa shape index (κ3) is 3.76. The van der Waals surface area contributed by atoms with E-state index < -0.39 is 15.9 Å². The standard InChI is InChI=1S/C11H19NO4S/c13-11(9-3-1-2-4-9)8-17(14,15)16-10-5-6-12-7-10/h9-10,12H,1-8H2. The van der Waals surface area contributed by atoms with Crippen LogP contribution in [0, 0.1) is 5.92 Å². The lowest BCUT2D eigenvalue weighted by atomic mass is 10.0. The number of carbonyl (C=O) groups is 1. The molecule has 0 aromatic rings. The lowest BCUT2D eigenvalue weighted by Gasteiger charge is -2.12. The second-order valence-corrected chi connectivity index (χ2v) is 6.46. The molecule has 2 rings (SSSR count). The molecule has 1 aliphatic heterocycles. The molecule has 1 atom stereocenters. The maximum Gasteiger partial charge on any atom is 0.274 e. The van der Waals surface area contributed by atoms with Gasteiger partial charge in [0.05, 0.1) is 6.10 Å². The predicted molar refractivity (Wildman–Crippen MR) is 63.1 cm³/mol. The molecule has 0 spiro atoms. The molecule has 1 N–H and O–H groups in total. The minimum absolute atomic E-state index is 0.0601. The second kappa shape index (κ2) is 5.46. The molecule has 17 heavy (non-hydrogen) atoms. The van der Waals surface area contributed by atoms with Crippen LogP contribution in [0.2, 0.25) is 0 Å². The number of carbonyl (C=O) groups excluding carboxylic acids is 1. The van der Waals surface area contributed by atoms with E-state index in [-0.39, 0.29) is 17.8 Å². The molecule has 0 aromatic carbocycles. The van der Waals surface area contributed by atoms with Crippen molar-refractivity contribution in [1.29, 1.82) is 0 Å². The van der Waals surface area contributed by atoms with Crippen LogP contribution in [0.15, 0.2) is 0 Å². The van der Waals surface area contributed by atoms with Gasteiger partial charge in [0, 0.05) is 12.5 Å². The zero-order valence-corrected chi connectivity index (χ0v) is 10.7. The van der Waals surface area contributed by atoms with E-state index in [9.17, 15) is 13.2 Å². The Hall–Kier alpha value is -0.460. The smallest absolute Gasteiger partial charge is 0.274 e. The highest BCUT2D eigenvalue weighted by Crippen LogP contribution is 2.26. The summed E-state index contributed by atoms with van der Waals surface area (Å²) >= 11 is 0. The van der Waals surface area contributed by atoms with Crippen LogP contribution in [0.1, 0.15) is 32.1 Å². The van der Waals surface area contributed by atoms with Crippen LogP contribution in [0.25, 0.3) is 0 Å². The summed E-state index contributed by atoms with van der Waals surface area (Å²) in [4.78, 5) is 11.8. The third-order valence-corrected chi connectivity index (χ3v) is 4.63. The summed E-state index contributed by atoms with van der Waals surface area (Å²) in [7, 11) is -3.69. The van der Waals surface area contributed by atoms with E-state index in [1.807, 2.05) is 0 Å². The van der Waals surface area contributed by atoms with E-state index in [1.54, 1.807) is 0 Å². The highest BCUT2D eigenvalue weighted by atomic mass is 32.2. The van der Waals surface area contributed by atoms with E-state index in [1.165, 1.54) is 0 Å². The van der Waals surface area contributed by atoms with Crippen molar-refractivity contribution in [3.05, 3.63) is 0 Å². The maximum atomic E-state index is 11.8. The van der Waals surface area contributed by atoms with Gasteiger partial charge in [-0.2, -0.15) is 8.42 Å². The summed E-state index contributed by atoms with van der Waals surface area (Å²) in [5.74, 6) is -0.683. The third-order valence-electron chi connectivity index (χ3n) is 3.43. The van der Waals surface area contributed by atoms with Crippen molar-refractivity contribution in [2.24, 2.45) is 5.92 Å². The van der Waals surface area contributed by atoms with Crippen molar-refractivity contribution in [3.63, 3.8) is 0 Å². The number of nitrogens with one attached hydrogen (secondary N) is 1. The van der Waals surface area contributed by atoms with Gasteiger partial charge in [-0.3, -0.25) is 8.98 Å². The Morgan fingerprint density at radius 3 is 2.53 bits per heavy atom. The first kappa shape index (κ1) is 13.0. The molecule has 5 nitrogen and oxygen atoms in total. The van der Waals surface area contributed by atoms with Crippen LogP contribution in [-0.4, -0.2) is 39.1 Å². The molecule has 0 aromatic heterocycles. The Labute approximate surface area is 102 Å². The molecule has 0 amide bonds. The molecule has 1 saturated heterocycles. The largest absolute Gasteiger partial charge is 0.314 e. The molecule has 2 fully saturated rings. The molecule has 0 radical (unpaired) electrons. The lowest BCUT2D eigenvalue weighted by Crippen LogP contribution is -2.28. The van der Waals surface area contributed by atoms with Gasteiger partial charge in [-0.15, -0.1) is 0 Å². The van der Waals surface area contributed by atoms with Crippen LogP contribution in [0.4, 0.5) is 0 Å². The first-order valence-electron chi connectivity index (χ1n) is 6.21. The van der Waals surface area contributed by atoms with E-state index >= 15 is 0 Å². The van der Waals surface area contributed by atoms with Crippen molar-refractivity contribution < 1.29 is 17.4 Å². The molecular weight excluding hydrogens is 242 g/mol. The second-order valence-electron chi connectivity index (χ2n) is 4.86. The molecule has 6 heteroatoms. The van der Waals surface area contributed by atoms with Gasteiger partial charge < -0.3 is 5.32 Å². The summed E-state index contributed by atoms with van der Waals surface area (Å²) in [5, 5.41) is 3.03.